The summed E-state index contributed by atoms with van der Waals surface area (Å²) in [7, 11) is 0. The summed E-state index contributed by atoms with van der Waals surface area (Å²) < 4.78 is 0.867. The Labute approximate surface area is 116 Å². The fraction of sp³-hybridized carbons (Fsp3) is 0.556. The third-order valence-corrected chi connectivity index (χ3v) is 4.00. The van der Waals surface area contributed by atoms with Crippen LogP contribution in [0.4, 0.5) is 0 Å². The van der Waals surface area contributed by atoms with E-state index in [2.05, 4.69) is 15.3 Å². The number of nitrogens with one attached hydrogen (secondary N) is 2. The summed E-state index contributed by atoms with van der Waals surface area (Å²) in [4.78, 5) is 7.31. The van der Waals surface area contributed by atoms with Gasteiger partial charge >= 0.3 is 0 Å². The van der Waals surface area contributed by atoms with Crippen molar-refractivity contribution in [1.29, 1.82) is 0 Å². The summed E-state index contributed by atoms with van der Waals surface area (Å²) in [5.74, 6) is 2.01. The number of H-pyrrole nitrogens is 1. The molecule has 0 aliphatic rings. The Balaban J connectivity index is 0.00000225. The van der Waals surface area contributed by atoms with E-state index in [4.69, 9.17) is 12.2 Å². The number of rotatable bonds is 5. The minimum Gasteiger partial charge on any atom is -0.370 e. The first kappa shape index (κ1) is 16.1. The van der Waals surface area contributed by atoms with Gasteiger partial charge in [-0.05, 0) is 13.2 Å². The van der Waals surface area contributed by atoms with Crippen molar-refractivity contribution in [3.8, 4) is 0 Å². The third-order valence-electron chi connectivity index (χ3n) is 1.87. The average Bonchev–Trinajstić information content (AvgIpc) is 2.63. The zero-order valence-electron chi connectivity index (χ0n) is 9.28. The number of thiocarbonyl (C=S) groups is 1. The number of hydrogen-bond donors (Lipinski definition) is 2. The number of aromatic nitrogens is 2. The molecule has 0 unspecified atom stereocenters. The quantitative estimate of drug-likeness (QED) is 0.646. The normalized spacial score (nSPS) is 9.62. The predicted molar refractivity (Wildman–Crippen MR) is 80.9 cm³/mol. The molecule has 2 N–H and O–H groups in total. The van der Waals surface area contributed by atoms with Crippen LogP contribution in [0.25, 0.3) is 0 Å². The van der Waals surface area contributed by atoms with Crippen molar-refractivity contribution in [2.45, 2.75) is 12.7 Å². The molecule has 1 rings (SSSR count). The highest BCUT2D eigenvalue weighted by Crippen LogP contribution is 2.11. The number of aryl methyl sites for hydroxylation is 1. The molecule has 0 fully saturated rings. The van der Waals surface area contributed by atoms with E-state index in [1.165, 1.54) is 0 Å². The van der Waals surface area contributed by atoms with Gasteiger partial charge in [0.2, 0.25) is 0 Å². The number of nitrogens with zero attached hydrogens (tertiary/aromatic N) is 1. The SMILES string of the molecule is CSC(=S)NCCSCc1nc[nH]c1C.Cl. The molecule has 1 aromatic rings. The highest BCUT2D eigenvalue weighted by atomic mass is 35.5. The fourth-order valence-electron chi connectivity index (χ4n) is 0.999. The first-order valence-corrected chi connectivity index (χ1v) is 7.41. The second-order valence-electron chi connectivity index (χ2n) is 2.95. The van der Waals surface area contributed by atoms with Crippen LogP contribution in [-0.4, -0.2) is 32.8 Å². The molecule has 3 nitrogen and oxygen atoms in total. The van der Waals surface area contributed by atoms with Gasteiger partial charge < -0.3 is 10.3 Å². The lowest BCUT2D eigenvalue weighted by atomic mass is 10.4. The molecule has 1 aromatic heterocycles. The highest BCUT2D eigenvalue weighted by molar-refractivity contribution is 8.22. The molecule has 0 aliphatic heterocycles. The molecule has 0 amide bonds. The van der Waals surface area contributed by atoms with E-state index in [0.29, 0.717) is 0 Å². The van der Waals surface area contributed by atoms with Crippen molar-refractivity contribution in [3.05, 3.63) is 17.7 Å². The van der Waals surface area contributed by atoms with Gasteiger partial charge in [-0.3, -0.25) is 0 Å². The van der Waals surface area contributed by atoms with E-state index in [1.807, 2.05) is 24.9 Å². The van der Waals surface area contributed by atoms with Gasteiger partial charge in [0.15, 0.2) is 0 Å². The molecule has 92 valence electrons. The summed E-state index contributed by atoms with van der Waals surface area (Å²) in [6.45, 7) is 2.97. The lowest BCUT2D eigenvalue weighted by Crippen LogP contribution is -2.20. The molecular formula is C9H16ClN3S3. The van der Waals surface area contributed by atoms with Crippen LogP contribution in [0.1, 0.15) is 11.4 Å². The van der Waals surface area contributed by atoms with E-state index in [1.54, 1.807) is 18.1 Å². The second-order valence-corrected chi connectivity index (χ2v) is 5.53. The monoisotopic (exact) mass is 297 g/mol. The molecule has 0 aromatic carbocycles. The molecule has 0 saturated heterocycles. The molecule has 0 atom stereocenters. The van der Waals surface area contributed by atoms with Crippen LogP contribution >= 0.6 is 48.1 Å². The molecule has 0 aliphatic carbocycles. The van der Waals surface area contributed by atoms with E-state index in [9.17, 15) is 0 Å². The summed E-state index contributed by atoms with van der Waals surface area (Å²) in [6, 6.07) is 0. The average molecular weight is 298 g/mol. The number of thioether (sulfide) groups is 2. The number of halogens is 1. The molecule has 7 heteroatoms. The fourth-order valence-corrected chi connectivity index (χ4v) is 2.22. The van der Waals surface area contributed by atoms with Crippen LogP contribution in [0, 0.1) is 6.92 Å². The molecular weight excluding hydrogens is 282 g/mol. The van der Waals surface area contributed by atoms with Gasteiger partial charge in [0.1, 0.15) is 4.32 Å². The molecule has 0 radical (unpaired) electrons. The molecule has 0 spiro atoms. The van der Waals surface area contributed by atoms with Crippen molar-refractivity contribution < 1.29 is 0 Å². The van der Waals surface area contributed by atoms with Crippen LogP contribution in [-0.2, 0) is 5.75 Å². The molecule has 1 heterocycles. The summed E-state index contributed by atoms with van der Waals surface area (Å²) in [6.07, 6.45) is 3.72. The Morgan fingerprint density at radius 2 is 2.38 bits per heavy atom. The minimum atomic E-state index is 0. The van der Waals surface area contributed by atoms with Crippen LogP contribution in [0.5, 0.6) is 0 Å². The first-order valence-electron chi connectivity index (χ1n) is 4.62. The van der Waals surface area contributed by atoms with Crippen molar-refractivity contribution >= 4 is 52.5 Å². The molecule has 16 heavy (non-hydrogen) atoms. The maximum absolute atomic E-state index is 5.03. The maximum atomic E-state index is 5.03. The number of hydrogen-bond acceptors (Lipinski definition) is 4. The van der Waals surface area contributed by atoms with Gasteiger partial charge in [0, 0.05) is 23.7 Å². The van der Waals surface area contributed by atoms with Gasteiger partial charge in [-0.1, -0.05) is 12.2 Å². The summed E-state index contributed by atoms with van der Waals surface area (Å²) in [5.41, 5.74) is 2.31. The van der Waals surface area contributed by atoms with Crippen molar-refractivity contribution in [2.75, 3.05) is 18.6 Å². The van der Waals surface area contributed by atoms with Gasteiger partial charge in [-0.25, -0.2) is 4.98 Å². The molecule has 0 bridgehead atoms. The number of aromatic amines is 1. The maximum Gasteiger partial charge on any atom is 0.133 e. The van der Waals surface area contributed by atoms with Gasteiger partial charge in [0.05, 0.1) is 12.0 Å². The van der Waals surface area contributed by atoms with E-state index >= 15 is 0 Å². The van der Waals surface area contributed by atoms with Crippen LogP contribution in [0.2, 0.25) is 0 Å². The lowest BCUT2D eigenvalue weighted by molar-refractivity contribution is 1.00. The zero-order valence-corrected chi connectivity index (χ0v) is 12.5. The standard InChI is InChI=1S/C9H15N3S3.ClH/c1-7-8(12-6-11-7)5-15-4-3-10-9(13)14-2;/h6H,3-5H2,1-2H3,(H,10,13)(H,11,12);1H. The van der Waals surface area contributed by atoms with Crippen LogP contribution in [0.15, 0.2) is 6.33 Å². The van der Waals surface area contributed by atoms with Crippen LogP contribution in [0.3, 0.4) is 0 Å². The van der Waals surface area contributed by atoms with E-state index < -0.39 is 0 Å². The Bertz CT molecular complexity index is 317. The minimum absolute atomic E-state index is 0. The van der Waals surface area contributed by atoms with E-state index in [0.717, 1.165) is 33.8 Å². The third kappa shape index (κ3) is 5.98. The molecule has 0 saturated carbocycles. The van der Waals surface area contributed by atoms with Crippen LogP contribution < -0.4 is 5.32 Å². The Kier molecular flexibility index (Phi) is 9.21. The Morgan fingerprint density at radius 3 is 2.94 bits per heavy atom. The first-order chi connectivity index (χ1) is 7.24. The smallest absolute Gasteiger partial charge is 0.133 e. The predicted octanol–water partition coefficient (Wildman–Crippen LogP) is 2.61. The second kappa shape index (κ2) is 9.15. The topological polar surface area (TPSA) is 40.7 Å². The highest BCUT2D eigenvalue weighted by Gasteiger charge is 2.00. The van der Waals surface area contributed by atoms with Gasteiger partial charge in [0.25, 0.3) is 0 Å². The largest absolute Gasteiger partial charge is 0.370 e. The van der Waals surface area contributed by atoms with E-state index in [-0.39, 0.29) is 12.4 Å². The Hall–Kier alpha value is 0.0900. The van der Waals surface area contributed by atoms with Crippen molar-refractivity contribution in [1.82, 2.24) is 15.3 Å². The number of imidazole rings is 1. The Morgan fingerprint density at radius 1 is 1.62 bits per heavy atom. The summed E-state index contributed by atoms with van der Waals surface area (Å²) >= 11 is 8.47. The lowest BCUT2D eigenvalue weighted by Gasteiger charge is -2.04. The van der Waals surface area contributed by atoms with Crippen molar-refractivity contribution in [2.24, 2.45) is 0 Å². The van der Waals surface area contributed by atoms with Gasteiger partial charge in [-0.15, -0.1) is 24.2 Å². The summed E-state index contributed by atoms with van der Waals surface area (Å²) in [5, 5.41) is 3.17. The van der Waals surface area contributed by atoms with Gasteiger partial charge in [-0.2, -0.15) is 11.8 Å². The zero-order chi connectivity index (χ0) is 11.1. The van der Waals surface area contributed by atoms with Crippen molar-refractivity contribution in [3.63, 3.8) is 0 Å².